The number of carbonyl (C=O) groups excluding carboxylic acids is 1. The average Bonchev–Trinajstić information content (AvgIpc) is 2.82. The molecule has 1 amide bonds. The summed E-state index contributed by atoms with van der Waals surface area (Å²) < 4.78 is 69.0. The molecule has 0 aromatic heterocycles. The fraction of sp³-hybridized carbons (Fsp3) is 0.480. The Labute approximate surface area is 211 Å². The van der Waals surface area contributed by atoms with Crippen LogP contribution in [-0.2, 0) is 19.7 Å². The lowest BCUT2D eigenvalue weighted by molar-refractivity contribution is 0.0739. The number of anilines is 1. The Morgan fingerprint density at radius 3 is 2.22 bits per heavy atom. The predicted molar refractivity (Wildman–Crippen MR) is 135 cm³/mol. The standard InChI is InChI=1S/C25H31FN2O6S2/c1-3-36(32,33)20-7-9-23(22(26)16-20)27-11-13-28(14-12-27)25(29)21-15-19(35(2,30)31)8-10-24(21)34-17-18-5-4-6-18/h7-10,15-16,18H,3-6,11-14,17H2,1-2H3. The summed E-state index contributed by atoms with van der Waals surface area (Å²) in [6.45, 7) is 3.25. The molecule has 1 saturated heterocycles. The fourth-order valence-electron chi connectivity index (χ4n) is 4.32. The molecule has 1 aliphatic heterocycles. The van der Waals surface area contributed by atoms with Crippen LogP contribution in [-0.4, -0.2) is 72.4 Å². The van der Waals surface area contributed by atoms with Gasteiger partial charge in [0.2, 0.25) is 0 Å². The maximum atomic E-state index is 14.8. The predicted octanol–water partition coefficient (Wildman–Crippen LogP) is 3.16. The van der Waals surface area contributed by atoms with Crippen molar-refractivity contribution in [3.63, 3.8) is 0 Å². The number of hydrogen-bond donors (Lipinski definition) is 0. The number of carbonyl (C=O) groups is 1. The Bertz CT molecular complexity index is 1350. The normalized spacial score (nSPS) is 17.1. The molecule has 2 aliphatic rings. The number of sulfone groups is 2. The highest BCUT2D eigenvalue weighted by atomic mass is 32.2. The van der Waals surface area contributed by atoms with Crippen LogP contribution >= 0.6 is 0 Å². The van der Waals surface area contributed by atoms with Crippen LogP contribution in [0.2, 0.25) is 0 Å². The van der Waals surface area contributed by atoms with Crippen LogP contribution in [0.25, 0.3) is 0 Å². The van der Waals surface area contributed by atoms with Gasteiger partial charge in [-0.1, -0.05) is 13.3 Å². The van der Waals surface area contributed by atoms with Gasteiger partial charge in [-0.3, -0.25) is 4.79 Å². The number of hydrogen-bond acceptors (Lipinski definition) is 7. The molecule has 2 aromatic rings. The lowest BCUT2D eigenvalue weighted by Crippen LogP contribution is -2.49. The average molecular weight is 539 g/mol. The summed E-state index contributed by atoms with van der Waals surface area (Å²) in [7, 11) is -7.03. The molecule has 196 valence electrons. The summed E-state index contributed by atoms with van der Waals surface area (Å²) in [4.78, 5) is 16.8. The molecular weight excluding hydrogens is 507 g/mol. The highest BCUT2D eigenvalue weighted by molar-refractivity contribution is 7.91. The monoisotopic (exact) mass is 538 g/mol. The van der Waals surface area contributed by atoms with Gasteiger partial charge in [-0.05, 0) is 55.2 Å². The van der Waals surface area contributed by atoms with Gasteiger partial charge < -0.3 is 14.5 Å². The summed E-state index contributed by atoms with van der Waals surface area (Å²) in [6.07, 6.45) is 4.41. The van der Waals surface area contributed by atoms with E-state index in [4.69, 9.17) is 4.74 Å². The van der Waals surface area contributed by atoms with Crippen LogP contribution in [0.15, 0.2) is 46.2 Å². The van der Waals surface area contributed by atoms with Gasteiger partial charge in [-0.15, -0.1) is 0 Å². The molecule has 0 atom stereocenters. The van der Waals surface area contributed by atoms with Crippen molar-refractivity contribution in [2.24, 2.45) is 5.92 Å². The molecule has 1 aliphatic carbocycles. The lowest BCUT2D eigenvalue weighted by Gasteiger charge is -2.36. The first-order valence-corrected chi connectivity index (χ1v) is 15.6. The van der Waals surface area contributed by atoms with Gasteiger partial charge in [0.1, 0.15) is 11.6 Å². The molecule has 0 bridgehead atoms. The Balaban J connectivity index is 1.49. The number of ether oxygens (including phenoxy) is 1. The molecule has 11 heteroatoms. The van der Waals surface area contributed by atoms with E-state index < -0.39 is 25.5 Å². The van der Waals surface area contributed by atoms with Crippen molar-refractivity contribution in [1.29, 1.82) is 0 Å². The zero-order chi connectivity index (χ0) is 26.1. The van der Waals surface area contributed by atoms with Crippen molar-refractivity contribution in [3.8, 4) is 5.75 Å². The van der Waals surface area contributed by atoms with Crippen LogP contribution < -0.4 is 9.64 Å². The molecule has 8 nitrogen and oxygen atoms in total. The van der Waals surface area contributed by atoms with Gasteiger partial charge in [0, 0.05) is 32.4 Å². The zero-order valence-corrected chi connectivity index (χ0v) is 22.1. The van der Waals surface area contributed by atoms with E-state index in [1.54, 1.807) is 15.9 Å². The van der Waals surface area contributed by atoms with E-state index in [2.05, 4.69) is 0 Å². The van der Waals surface area contributed by atoms with E-state index in [0.717, 1.165) is 31.6 Å². The molecule has 1 saturated carbocycles. The molecule has 4 rings (SSSR count). The largest absolute Gasteiger partial charge is 0.492 e. The van der Waals surface area contributed by atoms with Crippen molar-refractivity contribution in [3.05, 3.63) is 47.8 Å². The maximum absolute atomic E-state index is 14.8. The molecule has 2 fully saturated rings. The molecule has 1 heterocycles. The van der Waals surface area contributed by atoms with Gasteiger partial charge in [0.25, 0.3) is 5.91 Å². The first-order valence-electron chi connectivity index (χ1n) is 12.0. The highest BCUT2D eigenvalue weighted by Crippen LogP contribution is 2.30. The minimum atomic E-state index is -3.52. The fourth-order valence-corrected chi connectivity index (χ4v) is 5.86. The second-order valence-corrected chi connectivity index (χ2v) is 13.6. The minimum absolute atomic E-state index is 0.0460. The van der Waals surface area contributed by atoms with Gasteiger partial charge in [0.05, 0.1) is 33.4 Å². The Morgan fingerprint density at radius 1 is 1.00 bits per heavy atom. The maximum Gasteiger partial charge on any atom is 0.257 e. The van der Waals surface area contributed by atoms with E-state index in [1.165, 1.54) is 31.2 Å². The number of amides is 1. The number of halogens is 1. The van der Waals surface area contributed by atoms with E-state index in [9.17, 15) is 26.0 Å². The number of piperazine rings is 1. The van der Waals surface area contributed by atoms with E-state index in [-0.39, 0.29) is 32.7 Å². The van der Waals surface area contributed by atoms with Crippen LogP contribution in [0.3, 0.4) is 0 Å². The second kappa shape index (κ2) is 10.4. The van der Waals surface area contributed by atoms with E-state index >= 15 is 0 Å². The molecule has 0 N–H and O–H groups in total. The smallest absolute Gasteiger partial charge is 0.257 e. The topological polar surface area (TPSA) is 101 Å². The van der Waals surface area contributed by atoms with Gasteiger partial charge in [0.15, 0.2) is 19.7 Å². The third-order valence-corrected chi connectivity index (χ3v) is 9.72. The number of rotatable bonds is 8. The zero-order valence-electron chi connectivity index (χ0n) is 20.4. The summed E-state index contributed by atoms with van der Waals surface area (Å²) >= 11 is 0. The highest BCUT2D eigenvalue weighted by Gasteiger charge is 2.28. The minimum Gasteiger partial charge on any atom is -0.492 e. The van der Waals surface area contributed by atoms with Crippen molar-refractivity contribution >= 4 is 31.3 Å². The van der Waals surface area contributed by atoms with Gasteiger partial charge >= 0.3 is 0 Å². The second-order valence-electron chi connectivity index (χ2n) is 9.33. The summed E-state index contributed by atoms with van der Waals surface area (Å²) in [6, 6.07) is 8.25. The molecule has 36 heavy (non-hydrogen) atoms. The molecular formula is C25H31FN2O6S2. The Morgan fingerprint density at radius 2 is 1.67 bits per heavy atom. The first-order chi connectivity index (χ1) is 17.0. The summed E-state index contributed by atoms with van der Waals surface area (Å²) in [5.41, 5.74) is 0.478. The van der Waals surface area contributed by atoms with Crippen molar-refractivity contribution < 1.29 is 30.8 Å². The third kappa shape index (κ3) is 5.67. The first kappa shape index (κ1) is 26.4. The molecule has 2 aromatic carbocycles. The number of benzene rings is 2. The SMILES string of the molecule is CCS(=O)(=O)c1ccc(N2CCN(C(=O)c3cc(S(C)(=O)=O)ccc3OCC3CCC3)CC2)c(F)c1. The van der Waals surface area contributed by atoms with Crippen molar-refractivity contribution in [2.75, 3.05) is 49.7 Å². The number of nitrogens with zero attached hydrogens (tertiary/aromatic N) is 2. The van der Waals surface area contributed by atoms with E-state index in [1.807, 2.05) is 0 Å². The van der Waals surface area contributed by atoms with Crippen LogP contribution in [0.4, 0.5) is 10.1 Å². The molecule has 0 spiro atoms. The molecule has 0 unspecified atom stereocenters. The lowest BCUT2D eigenvalue weighted by atomic mass is 9.86. The van der Waals surface area contributed by atoms with Crippen molar-refractivity contribution in [1.82, 2.24) is 4.90 Å². The van der Waals surface area contributed by atoms with Crippen molar-refractivity contribution in [2.45, 2.75) is 36.0 Å². The van der Waals surface area contributed by atoms with E-state index in [0.29, 0.717) is 44.5 Å². The van der Waals surface area contributed by atoms with Gasteiger partial charge in [-0.2, -0.15) is 0 Å². The van der Waals surface area contributed by atoms with Gasteiger partial charge in [-0.25, -0.2) is 21.2 Å². The summed E-state index contributed by atoms with van der Waals surface area (Å²) in [5.74, 6) is -0.273. The summed E-state index contributed by atoms with van der Waals surface area (Å²) in [5, 5.41) is 0. The van der Waals surface area contributed by atoms with Crippen LogP contribution in [0, 0.1) is 11.7 Å². The Kier molecular flexibility index (Phi) is 7.61. The van der Waals surface area contributed by atoms with Crippen LogP contribution in [0.5, 0.6) is 5.75 Å². The third-order valence-electron chi connectivity index (χ3n) is 6.87. The Hall–Kier alpha value is -2.66. The van der Waals surface area contributed by atoms with Crippen LogP contribution in [0.1, 0.15) is 36.5 Å². The quantitative estimate of drug-likeness (QED) is 0.509. The molecule has 0 radical (unpaired) electrons.